The average molecular weight is 294 g/mol. The van der Waals surface area contributed by atoms with Crippen molar-refractivity contribution >= 4 is 43.1 Å². The van der Waals surface area contributed by atoms with Crippen molar-refractivity contribution in [2.45, 2.75) is 0 Å². The zero-order valence-corrected chi connectivity index (χ0v) is 12.5. The molecular formula is C22H14O. The van der Waals surface area contributed by atoms with Gasteiger partial charge in [-0.05, 0) is 55.9 Å². The molecule has 0 amide bonds. The second kappa shape index (κ2) is 4.47. The quantitative estimate of drug-likeness (QED) is 0.274. The minimum atomic E-state index is 0.336. The van der Waals surface area contributed by atoms with Crippen LogP contribution in [0.4, 0.5) is 0 Å². The monoisotopic (exact) mass is 294 g/mol. The molecule has 0 unspecified atom stereocenters. The number of aromatic hydroxyl groups is 1. The molecule has 0 aromatic heterocycles. The normalized spacial score (nSPS) is 11.7. The molecule has 0 spiro atoms. The van der Waals surface area contributed by atoms with Crippen molar-refractivity contribution in [2.24, 2.45) is 0 Å². The molecule has 1 N–H and O–H groups in total. The Bertz CT molecular complexity index is 1220. The zero-order valence-electron chi connectivity index (χ0n) is 12.5. The van der Waals surface area contributed by atoms with Crippen LogP contribution in [-0.4, -0.2) is 5.11 Å². The maximum absolute atomic E-state index is 10.1. The summed E-state index contributed by atoms with van der Waals surface area (Å²) in [6.07, 6.45) is 0. The molecule has 5 rings (SSSR count). The van der Waals surface area contributed by atoms with Crippen LogP contribution in [0.1, 0.15) is 0 Å². The van der Waals surface area contributed by atoms with Crippen molar-refractivity contribution < 1.29 is 5.11 Å². The van der Waals surface area contributed by atoms with Gasteiger partial charge in [0.15, 0.2) is 0 Å². The standard InChI is InChI=1S/C22H14O/c23-22-7-3-6-17-18-9-8-16-12-14-4-1-2-5-15(14)13-21(16)19(18)10-11-20(17)22/h1-13,23H. The highest BCUT2D eigenvalue weighted by atomic mass is 16.3. The SMILES string of the molecule is Oc1cccc2c1ccc1c3cc4ccccc4cc3ccc21. The molecule has 0 atom stereocenters. The number of hydrogen-bond donors (Lipinski definition) is 1. The van der Waals surface area contributed by atoms with Gasteiger partial charge in [-0.3, -0.25) is 0 Å². The first-order chi connectivity index (χ1) is 11.3. The third-order valence-corrected chi connectivity index (χ3v) is 4.72. The zero-order chi connectivity index (χ0) is 15.4. The number of phenolic OH excluding ortho intramolecular Hbond substituents is 1. The lowest BCUT2D eigenvalue weighted by molar-refractivity contribution is 0.481. The summed E-state index contributed by atoms with van der Waals surface area (Å²) in [6, 6.07) is 27.2. The van der Waals surface area contributed by atoms with Gasteiger partial charge >= 0.3 is 0 Å². The van der Waals surface area contributed by atoms with E-state index in [1.165, 1.54) is 32.3 Å². The Morgan fingerprint density at radius 2 is 1.09 bits per heavy atom. The highest BCUT2D eigenvalue weighted by molar-refractivity contribution is 6.19. The third kappa shape index (κ3) is 1.74. The first-order valence-electron chi connectivity index (χ1n) is 7.77. The number of phenols is 1. The number of hydrogen-bond acceptors (Lipinski definition) is 1. The van der Waals surface area contributed by atoms with E-state index < -0.39 is 0 Å². The van der Waals surface area contributed by atoms with Gasteiger partial charge in [0.25, 0.3) is 0 Å². The maximum Gasteiger partial charge on any atom is 0.123 e. The van der Waals surface area contributed by atoms with Crippen molar-refractivity contribution in [3.8, 4) is 5.75 Å². The molecule has 5 aromatic rings. The second-order valence-electron chi connectivity index (χ2n) is 6.02. The van der Waals surface area contributed by atoms with Gasteiger partial charge in [-0.25, -0.2) is 0 Å². The lowest BCUT2D eigenvalue weighted by atomic mass is 9.95. The topological polar surface area (TPSA) is 20.2 Å². The van der Waals surface area contributed by atoms with Crippen LogP contribution in [0.25, 0.3) is 43.1 Å². The minimum absolute atomic E-state index is 0.336. The summed E-state index contributed by atoms with van der Waals surface area (Å²) in [5.41, 5.74) is 0. The highest BCUT2D eigenvalue weighted by Crippen LogP contribution is 2.35. The summed E-state index contributed by atoms with van der Waals surface area (Å²) in [7, 11) is 0. The summed E-state index contributed by atoms with van der Waals surface area (Å²) in [4.78, 5) is 0. The molecule has 1 nitrogen and oxygen atoms in total. The minimum Gasteiger partial charge on any atom is -0.507 e. The molecular weight excluding hydrogens is 280 g/mol. The molecule has 0 aliphatic carbocycles. The first-order valence-corrected chi connectivity index (χ1v) is 7.77. The van der Waals surface area contributed by atoms with E-state index >= 15 is 0 Å². The Morgan fingerprint density at radius 1 is 0.435 bits per heavy atom. The van der Waals surface area contributed by atoms with Crippen molar-refractivity contribution in [2.75, 3.05) is 0 Å². The van der Waals surface area contributed by atoms with Crippen LogP contribution in [0, 0.1) is 0 Å². The van der Waals surface area contributed by atoms with Gasteiger partial charge in [-0.2, -0.15) is 0 Å². The van der Waals surface area contributed by atoms with E-state index in [0.717, 1.165) is 10.8 Å². The van der Waals surface area contributed by atoms with Crippen LogP contribution in [0.3, 0.4) is 0 Å². The van der Waals surface area contributed by atoms with Crippen LogP contribution in [0.15, 0.2) is 78.9 Å². The molecule has 0 aliphatic rings. The van der Waals surface area contributed by atoms with E-state index in [4.69, 9.17) is 0 Å². The number of fused-ring (bicyclic) bond motifs is 6. The van der Waals surface area contributed by atoms with Gasteiger partial charge in [0.05, 0.1) is 0 Å². The van der Waals surface area contributed by atoms with Gasteiger partial charge in [0, 0.05) is 5.39 Å². The molecule has 0 fully saturated rings. The molecule has 0 bridgehead atoms. The van der Waals surface area contributed by atoms with Gasteiger partial charge in [0.1, 0.15) is 5.75 Å². The summed E-state index contributed by atoms with van der Waals surface area (Å²) in [6.45, 7) is 0. The predicted molar refractivity (Wildman–Crippen MR) is 98.1 cm³/mol. The van der Waals surface area contributed by atoms with Crippen molar-refractivity contribution in [1.29, 1.82) is 0 Å². The highest BCUT2D eigenvalue weighted by Gasteiger charge is 2.07. The van der Waals surface area contributed by atoms with E-state index in [2.05, 4.69) is 60.7 Å². The van der Waals surface area contributed by atoms with Gasteiger partial charge < -0.3 is 5.11 Å². The lowest BCUT2D eigenvalue weighted by Gasteiger charge is -2.09. The molecule has 0 saturated heterocycles. The van der Waals surface area contributed by atoms with Crippen LogP contribution in [0.2, 0.25) is 0 Å². The van der Waals surface area contributed by atoms with Crippen LogP contribution >= 0.6 is 0 Å². The van der Waals surface area contributed by atoms with Gasteiger partial charge in [-0.1, -0.05) is 60.7 Å². The average Bonchev–Trinajstić information content (AvgIpc) is 2.60. The van der Waals surface area contributed by atoms with Crippen LogP contribution in [0.5, 0.6) is 5.75 Å². The Hall–Kier alpha value is -3.06. The molecule has 108 valence electrons. The summed E-state index contributed by atoms with van der Waals surface area (Å²) < 4.78 is 0. The Morgan fingerprint density at radius 3 is 1.96 bits per heavy atom. The van der Waals surface area contributed by atoms with Crippen molar-refractivity contribution in [1.82, 2.24) is 0 Å². The third-order valence-electron chi connectivity index (χ3n) is 4.72. The van der Waals surface area contributed by atoms with E-state index in [-0.39, 0.29) is 0 Å². The van der Waals surface area contributed by atoms with Crippen molar-refractivity contribution in [3.05, 3.63) is 78.9 Å². The van der Waals surface area contributed by atoms with Gasteiger partial charge in [0.2, 0.25) is 0 Å². The molecule has 0 radical (unpaired) electrons. The number of rotatable bonds is 0. The lowest BCUT2D eigenvalue weighted by Crippen LogP contribution is -1.82. The van der Waals surface area contributed by atoms with Crippen LogP contribution in [-0.2, 0) is 0 Å². The Balaban J connectivity index is 2.01. The fraction of sp³-hybridized carbons (Fsp3) is 0. The Kier molecular flexibility index (Phi) is 2.42. The molecule has 0 heterocycles. The summed E-state index contributed by atoms with van der Waals surface area (Å²) >= 11 is 0. The fourth-order valence-electron chi connectivity index (χ4n) is 3.58. The van der Waals surface area contributed by atoms with E-state index in [9.17, 15) is 5.11 Å². The second-order valence-corrected chi connectivity index (χ2v) is 6.02. The molecule has 0 aliphatic heterocycles. The van der Waals surface area contributed by atoms with Gasteiger partial charge in [-0.15, -0.1) is 0 Å². The first kappa shape index (κ1) is 12.5. The molecule has 5 aromatic carbocycles. The number of benzene rings is 5. The molecule has 1 heteroatoms. The molecule has 0 saturated carbocycles. The predicted octanol–water partition coefficient (Wildman–Crippen LogP) is 6.01. The summed E-state index contributed by atoms with van der Waals surface area (Å²) in [5.74, 6) is 0.336. The maximum atomic E-state index is 10.1. The van der Waals surface area contributed by atoms with E-state index in [1.807, 2.05) is 12.1 Å². The van der Waals surface area contributed by atoms with Crippen molar-refractivity contribution in [3.63, 3.8) is 0 Å². The smallest absolute Gasteiger partial charge is 0.123 e. The van der Waals surface area contributed by atoms with E-state index in [1.54, 1.807) is 6.07 Å². The Labute approximate surface area is 133 Å². The fourth-order valence-corrected chi connectivity index (χ4v) is 3.58. The van der Waals surface area contributed by atoms with E-state index in [0.29, 0.717) is 5.75 Å². The largest absolute Gasteiger partial charge is 0.507 e. The van der Waals surface area contributed by atoms with Crippen LogP contribution < -0.4 is 0 Å². The summed E-state index contributed by atoms with van der Waals surface area (Å²) in [5, 5.41) is 19.5. The molecule has 23 heavy (non-hydrogen) atoms.